The first kappa shape index (κ1) is 19.0. The number of hydrogen-bond acceptors (Lipinski definition) is 5. The number of halogens is 1. The SMILES string of the molecule is CCN=C1S/C(=C/c2cn(C(C)=O)nc2-c2ccc(F)cc2)C(=O)N1CC. The molecule has 0 spiro atoms. The maximum absolute atomic E-state index is 13.3. The van der Waals surface area contributed by atoms with E-state index in [0.717, 1.165) is 0 Å². The molecule has 3 rings (SSSR count). The van der Waals surface area contributed by atoms with Crippen molar-refractivity contribution in [3.05, 3.63) is 46.7 Å². The fourth-order valence-electron chi connectivity index (χ4n) is 2.67. The molecule has 0 aliphatic carbocycles. The van der Waals surface area contributed by atoms with E-state index in [4.69, 9.17) is 0 Å². The average Bonchev–Trinajstić information content (AvgIpc) is 3.18. The van der Waals surface area contributed by atoms with Crippen molar-refractivity contribution in [2.45, 2.75) is 20.8 Å². The lowest BCUT2D eigenvalue weighted by Crippen LogP contribution is -2.28. The van der Waals surface area contributed by atoms with Crippen LogP contribution in [0.25, 0.3) is 17.3 Å². The summed E-state index contributed by atoms with van der Waals surface area (Å²) in [5.74, 6) is -0.739. The van der Waals surface area contributed by atoms with Gasteiger partial charge in [0.25, 0.3) is 5.91 Å². The summed E-state index contributed by atoms with van der Waals surface area (Å²) < 4.78 is 14.5. The highest BCUT2D eigenvalue weighted by Crippen LogP contribution is 2.34. The monoisotopic (exact) mass is 386 g/mol. The van der Waals surface area contributed by atoms with E-state index in [-0.39, 0.29) is 17.6 Å². The molecule has 8 heteroatoms. The fraction of sp³-hybridized carbons (Fsp3) is 0.263. The van der Waals surface area contributed by atoms with Gasteiger partial charge in [-0.1, -0.05) is 0 Å². The molecule has 2 heterocycles. The molecule has 1 fully saturated rings. The summed E-state index contributed by atoms with van der Waals surface area (Å²) in [5.41, 5.74) is 1.78. The lowest BCUT2D eigenvalue weighted by Gasteiger charge is -2.11. The first-order valence-electron chi connectivity index (χ1n) is 8.57. The summed E-state index contributed by atoms with van der Waals surface area (Å²) in [6, 6.07) is 5.85. The highest BCUT2D eigenvalue weighted by Gasteiger charge is 2.32. The Morgan fingerprint density at radius 2 is 2.00 bits per heavy atom. The van der Waals surface area contributed by atoms with Crippen LogP contribution in [-0.2, 0) is 4.79 Å². The zero-order valence-electron chi connectivity index (χ0n) is 15.3. The van der Waals surface area contributed by atoms with Gasteiger partial charge in [0.1, 0.15) is 11.5 Å². The van der Waals surface area contributed by atoms with E-state index in [9.17, 15) is 14.0 Å². The van der Waals surface area contributed by atoms with Crippen molar-refractivity contribution in [1.29, 1.82) is 0 Å². The lowest BCUT2D eigenvalue weighted by molar-refractivity contribution is -0.122. The molecule has 1 saturated heterocycles. The first-order valence-corrected chi connectivity index (χ1v) is 9.38. The number of carbonyl (C=O) groups is 2. The number of carbonyl (C=O) groups excluding carboxylic acids is 2. The predicted octanol–water partition coefficient (Wildman–Crippen LogP) is 3.66. The topological polar surface area (TPSA) is 67.6 Å². The fourth-order valence-corrected chi connectivity index (χ4v) is 3.76. The number of hydrogen-bond donors (Lipinski definition) is 0. The van der Waals surface area contributed by atoms with Gasteiger partial charge in [0.15, 0.2) is 5.17 Å². The molecule has 2 aromatic rings. The molecular formula is C19H19FN4O2S. The van der Waals surface area contributed by atoms with E-state index in [0.29, 0.717) is 40.0 Å². The van der Waals surface area contributed by atoms with Crippen LogP contribution in [0.1, 0.15) is 31.1 Å². The Bertz CT molecular complexity index is 947. The molecule has 140 valence electrons. The molecule has 1 aromatic heterocycles. The van der Waals surface area contributed by atoms with E-state index in [1.54, 1.807) is 29.3 Å². The van der Waals surface area contributed by atoms with Crippen molar-refractivity contribution in [2.24, 2.45) is 4.99 Å². The van der Waals surface area contributed by atoms with Crippen LogP contribution >= 0.6 is 11.8 Å². The minimum atomic E-state index is -0.356. The van der Waals surface area contributed by atoms with E-state index in [2.05, 4.69) is 10.1 Å². The van der Waals surface area contributed by atoms with Crippen LogP contribution in [0.4, 0.5) is 4.39 Å². The van der Waals surface area contributed by atoms with Gasteiger partial charge in [-0.15, -0.1) is 0 Å². The summed E-state index contributed by atoms with van der Waals surface area (Å²) in [7, 11) is 0. The summed E-state index contributed by atoms with van der Waals surface area (Å²) in [4.78, 5) is 30.9. The number of thioether (sulfide) groups is 1. The maximum atomic E-state index is 13.3. The smallest absolute Gasteiger partial charge is 0.266 e. The second-order valence-electron chi connectivity index (χ2n) is 5.82. The van der Waals surface area contributed by atoms with Crippen LogP contribution in [-0.4, -0.2) is 44.8 Å². The van der Waals surface area contributed by atoms with Gasteiger partial charge in [-0.25, -0.2) is 9.07 Å². The zero-order valence-corrected chi connectivity index (χ0v) is 16.1. The molecule has 0 bridgehead atoms. The number of amidine groups is 1. The molecule has 6 nitrogen and oxygen atoms in total. The normalized spacial score (nSPS) is 17.3. The Labute approximate surface area is 160 Å². The number of aromatic nitrogens is 2. The second-order valence-corrected chi connectivity index (χ2v) is 6.83. The van der Waals surface area contributed by atoms with Crippen molar-refractivity contribution in [3.8, 4) is 11.3 Å². The van der Waals surface area contributed by atoms with Gasteiger partial charge in [-0.3, -0.25) is 19.5 Å². The third kappa shape index (κ3) is 3.85. The molecule has 0 N–H and O–H groups in total. The molecule has 0 radical (unpaired) electrons. The van der Waals surface area contributed by atoms with Crippen molar-refractivity contribution in [1.82, 2.24) is 14.7 Å². The van der Waals surface area contributed by atoms with Crippen molar-refractivity contribution >= 4 is 34.8 Å². The van der Waals surface area contributed by atoms with Crippen molar-refractivity contribution in [3.63, 3.8) is 0 Å². The first-order chi connectivity index (χ1) is 12.9. The molecule has 0 unspecified atom stereocenters. The number of nitrogens with zero attached hydrogens (tertiary/aromatic N) is 4. The van der Waals surface area contributed by atoms with Gasteiger partial charge in [0, 0.05) is 37.3 Å². The Morgan fingerprint density at radius 1 is 1.30 bits per heavy atom. The number of likely N-dealkylation sites (N-methyl/N-ethyl adjacent to an activating group) is 1. The summed E-state index contributed by atoms with van der Waals surface area (Å²) in [5, 5.41) is 4.97. The quantitative estimate of drug-likeness (QED) is 0.752. The van der Waals surface area contributed by atoms with E-state index >= 15 is 0 Å². The van der Waals surface area contributed by atoms with Gasteiger partial charge in [-0.2, -0.15) is 5.10 Å². The molecule has 1 aliphatic heterocycles. The van der Waals surface area contributed by atoms with Crippen molar-refractivity contribution < 1.29 is 14.0 Å². The number of amides is 1. The molecule has 27 heavy (non-hydrogen) atoms. The molecule has 1 amide bonds. The minimum Gasteiger partial charge on any atom is -0.287 e. The van der Waals surface area contributed by atoms with Crippen molar-refractivity contribution in [2.75, 3.05) is 13.1 Å². The van der Waals surface area contributed by atoms with Gasteiger partial charge in [0.05, 0.1) is 4.91 Å². The second kappa shape index (κ2) is 7.87. The number of rotatable bonds is 4. The highest BCUT2D eigenvalue weighted by molar-refractivity contribution is 8.18. The van der Waals surface area contributed by atoms with E-state index < -0.39 is 0 Å². The summed E-state index contributed by atoms with van der Waals surface area (Å²) >= 11 is 1.30. The predicted molar refractivity (Wildman–Crippen MR) is 105 cm³/mol. The van der Waals surface area contributed by atoms with Crippen LogP contribution in [0.5, 0.6) is 0 Å². The van der Waals surface area contributed by atoms with E-state index in [1.165, 1.54) is 35.5 Å². The molecule has 0 saturated carbocycles. The van der Waals surface area contributed by atoms with E-state index in [1.807, 2.05) is 13.8 Å². The van der Waals surface area contributed by atoms with Crippen LogP contribution in [0.2, 0.25) is 0 Å². The minimum absolute atomic E-state index is 0.129. The number of aliphatic imine (C=N–C) groups is 1. The Balaban J connectivity index is 2.07. The average molecular weight is 386 g/mol. The molecule has 1 aromatic carbocycles. The van der Waals surface area contributed by atoms with Gasteiger partial charge >= 0.3 is 0 Å². The summed E-state index contributed by atoms with van der Waals surface area (Å²) in [6.07, 6.45) is 3.28. The van der Waals surface area contributed by atoms with Crippen LogP contribution in [0.3, 0.4) is 0 Å². The standard InChI is InChI=1S/C19H19FN4O2S/c1-4-21-19-23(5-2)18(26)16(27-19)10-14-11-24(12(3)25)22-17(14)13-6-8-15(20)9-7-13/h6-11H,4-5H2,1-3H3/b16-10+,21-19?. The molecule has 0 atom stereocenters. The third-order valence-corrected chi connectivity index (χ3v) is 5.01. The van der Waals surface area contributed by atoms with Crippen LogP contribution < -0.4 is 0 Å². The van der Waals surface area contributed by atoms with Crippen LogP contribution in [0.15, 0.2) is 40.4 Å². The van der Waals surface area contributed by atoms with Crippen LogP contribution in [0, 0.1) is 5.82 Å². The Hall–Kier alpha value is -2.74. The summed E-state index contributed by atoms with van der Waals surface area (Å²) in [6.45, 7) is 6.32. The third-order valence-electron chi connectivity index (χ3n) is 3.97. The van der Waals surface area contributed by atoms with Gasteiger partial charge in [0.2, 0.25) is 5.91 Å². The lowest BCUT2D eigenvalue weighted by atomic mass is 10.1. The zero-order chi connectivity index (χ0) is 19.6. The maximum Gasteiger partial charge on any atom is 0.266 e. The largest absolute Gasteiger partial charge is 0.287 e. The Kier molecular flexibility index (Phi) is 5.55. The van der Waals surface area contributed by atoms with Gasteiger partial charge < -0.3 is 0 Å². The molecular weight excluding hydrogens is 367 g/mol. The molecule has 1 aliphatic rings. The number of benzene rings is 1. The van der Waals surface area contributed by atoms with Gasteiger partial charge in [-0.05, 0) is 56.0 Å². The highest BCUT2D eigenvalue weighted by atomic mass is 32.2. The Morgan fingerprint density at radius 3 is 2.59 bits per heavy atom.